The van der Waals surface area contributed by atoms with Crippen molar-refractivity contribution >= 4 is 34.4 Å². The first-order chi connectivity index (χ1) is 18.4. The minimum atomic E-state index is -0.0448. The highest BCUT2D eigenvalue weighted by Gasteiger charge is 2.28. The van der Waals surface area contributed by atoms with Crippen molar-refractivity contribution in [3.63, 3.8) is 0 Å². The molecule has 0 aliphatic carbocycles. The van der Waals surface area contributed by atoms with Gasteiger partial charge in [0.2, 0.25) is 5.91 Å². The minimum Gasteiger partial charge on any atom is -0.456 e. The number of para-hydroxylation sites is 1. The summed E-state index contributed by atoms with van der Waals surface area (Å²) in [5.41, 5.74) is 8.37. The van der Waals surface area contributed by atoms with Gasteiger partial charge in [-0.25, -0.2) is 14.6 Å². The van der Waals surface area contributed by atoms with Crippen molar-refractivity contribution in [3.05, 3.63) is 72.0 Å². The molecule has 2 aromatic heterocycles. The van der Waals surface area contributed by atoms with E-state index in [1.54, 1.807) is 6.08 Å². The largest absolute Gasteiger partial charge is 0.456 e. The fraction of sp³-hybridized carbons (Fsp3) is 0.286. The highest BCUT2D eigenvalue weighted by atomic mass is 35.5. The number of hydrogen-bond donors (Lipinski definition) is 1. The number of amides is 1. The van der Waals surface area contributed by atoms with Gasteiger partial charge in [0.05, 0.1) is 16.5 Å². The number of carbonyl (C=O) groups excluding carboxylic acids is 1. The number of rotatable bonds is 7. The predicted molar refractivity (Wildman–Crippen MR) is 149 cm³/mol. The van der Waals surface area contributed by atoms with Crippen LogP contribution in [-0.2, 0) is 4.79 Å². The Bertz CT molecular complexity index is 1470. The Labute approximate surface area is 226 Å². The first-order valence-corrected chi connectivity index (χ1v) is 12.9. The molecule has 2 N–H and O–H groups in total. The third-order valence-electron chi connectivity index (χ3n) is 6.48. The Balaban J connectivity index is 1.45. The summed E-state index contributed by atoms with van der Waals surface area (Å²) in [7, 11) is 3.94. The Morgan fingerprint density at radius 3 is 2.79 bits per heavy atom. The lowest BCUT2D eigenvalue weighted by Crippen LogP contribution is -2.40. The molecule has 10 heteroatoms. The molecule has 2 aromatic carbocycles. The molecule has 1 atom stereocenters. The Kier molecular flexibility index (Phi) is 7.57. The SMILES string of the molecule is CN(C)CC=CC(=O)N1CCCC(n2nc(-c3ccc(Oc4ccccc4)c(Cl)c3)c3c(N)ncnc32)C1. The molecule has 0 bridgehead atoms. The normalized spacial score (nSPS) is 16.0. The average molecular weight is 532 g/mol. The second-order valence-electron chi connectivity index (χ2n) is 9.56. The molecule has 4 aromatic rings. The van der Waals surface area contributed by atoms with Crippen LogP contribution >= 0.6 is 11.6 Å². The number of aromatic nitrogens is 4. The Morgan fingerprint density at radius 1 is 1.21 bits per heavy atom. The van der Waals surface area contributed by atoms with Gasteiger partial charge < -0.3 is 20.3 Å². The fourth-order valence-electron chi connectivity index (χ4n) is 4.62. The van der Waals surface area contributed by atoms with Gasteiger partial charge in [0.1, 0.15) is 29.3 Å². The van der Waals surface area contributed by atoms with Crippen LogP contribution in [0, 0.1) is 0 Å². The maximum absolute atomic E-state index is 12.8. The van der Waals surface area contributed by atoms with E-state index in [2.05, 4.69) is 9.97 Å². The van der Waals surface area contributed by atoms with Crippen molar-refractivity contribution < 1.29 is 9.53 Å². The maximum atomic E-state index is 12.8. The van der Waals surface area contributed by atoms with Crippen LogP contribution in [0.1, 0.15) is 18.9 Å². The molecule has 9 nitrogen and oxygen atoms in total. The number of ether oxygens (including phenoxy) is 1. The average Bonchev–Trinajstić information content (AvgIpc) is 3.31. The molecule has 1 aliphatic heterocycles. The molecular formula is C28H30ClN7O2. The zero-order valence-electron chi connectivity index (χ0n) is 21.4. The van der Waals surface area contributed by atoms with Gasteiger partial charge >= 0.3 is 0 Å². The van der Waals surface area contributed by atoms with Crippen LogP contribution in [-0.4, -0.2) is 69.2 Å². The summed E-state index contributed by atoms with van der Waals surface area (Å²) in [5.74, 6) is 1.58. The van der Waals surface area contributed by atoms with E-state index < -0.39 is 0 Å². The Morgan fingerprint density at radius 2 is 2.03 bits per heavy atom. The summed E-state index contributed by atoms with van der Waals surface area (Å²) >= 11 is 6.62. The molecule has 1 saturated heterocycles. The molecule has 0 spiro atoms. The maximum Gasteiger partial charge on any atom is 0.246 e. The van der Waals surface area contributed by atoms with E-state index in [-0.39, 0.29) is 11.9 Å². The van der Waals surface area contributed by atoms with Gasteiger partial charge in [0.25, 0.3) is 0 Å². The lowest BCUT2D eigenvalue weighted by atomic mass is 10.1. The van der Waals surface area contributed by atoms with Gasteiger partial charge in [-0.2, -0.15) is 5.10 Å². The summed E-state index contributed by atoms with van der Waals surface area (Å²) in [6.07, 6.45) is 6.72. The zero-order chi connectivity index (χ0) is 26.6. The lowest BCUT2D eigenvalue weighted by Gasteiger charge is -2.32. The van der Waals surface area contributed by atoms with E-state index in [4.69, 9.17) is 27.2 Å². The monoisotopic (exact) mass is 531 g/mol. The van der Waals surface area contributed by atoms with Gasteiger partial charge in [-0.15, -0.1) is 0 Å². The molecule has 196 valence electrons. The number of likely N-dealkylation sites (N-methyl/N-ethyl adjacent to an activating group) is 1. The fourth-order valence-corrected chi connectivity index (χ4v) is 4.84. The molecule has 38 heavy (non-hydrogen) atoms. The third-order valence-corrected chi connectivity index (χ3v) is 6.77. The van der Waals surface area contributed by atoms with Gasteiger partial charge in [0.15, 0.2) is 5.65 Å². The van der Waals surface area contributed by atoms with Crippen molar-refractivity contribution in [3.8, 4) is 22.8 Å². The summed E-state index contributed by atoms with van der Waals surface area (Å²) in [5, 5.41) is 6.06. The highest BCUT2D eigenvalue weighted by molar-refractivity contribution is 6.32. The number of nitrogen functional groups attached to an aromatic ring is 1. The van der Waals surface area contributed by atoms with Crippen molar-refractivity contribution in [2.45, 2.75) is 18.9 Å². The topological polar surface area (TPSA) is 102 Å². The summed E-state index contributed by atoms with van der Waals surface area (Å²) < 4.78 is 7.82. The number of piperidine rings is 1. The van der Waals surface area contributed by atoms with Crippen LogP contribution in [0.25, 0.3) is 22.3 Å². The van der Waals surface area contributed by atoms with Crippen molar-refractivity contribution in [1.29, 1.82) is 0 Å². The van der Waals surface area contributed by atoms with Gasteiger partial charge in [-0.1, -0.05) is 35.9 Å². The standard InChI is InChI=1S/C28H30ClN7O2/c1-34(2)14-7-11-24(37)35-15-6-8-20(17-35)36-28-25(27(30)31-18-32-28)26(33-36)19-12-13-23(22(29)16-19)38-21-9-4-3-5-10-21/h3-5,7,9-13,16,18,20H,6,8,14-15,17H2,1-2H3,(H2,30,31,32). The number of halogens is 1. The second kappa shape index (κ2) is 11.2. The van der Waals surface area contributed by atoms with E-state index >= 15 is 0 Å². The quantitative estimate of drug-likeness (QED) is 0.342. The molecule has 5 rings (SSSR count). The van der Waals surface area contributed by atoms with Crippen molar-refractivity contribution in [2.24, 2.45) is 0 Å². The molecule has 1 fully saturated rings. The second-order valence-corrected chi connectivity index (χ2v) is 9.96. The van der Waals surface area contributed by atoms with E-state index in [9.17, 15) is 4.79 Å². The van der Waals surface area contributed by atoms with E-state index in [1.165, 1.54) is 6.33 Å². The summed E-state index contributed by atoms with van der Waals surface area (Å²) in [6.45, 7) is 1.96. The molecule has 1 aliphatic rings. The molecule has 1 unspecified atom stereocenters. The minimum absolute atomic E-state index is 0.00293. The Hall–Kier alpha value is -3.95. The van der Waals surface area contributed by atoms with Crippen LogP contribution < -0.4 is 10.5 Å². The smallest absolute Gasteiger partial charge is 0.246 e. The van der Waals surface area contributed by atoms with Crippen LogP contribution in [0.5, 0.6) is 11.5 Å². The van der Waals surface area contributed by atoms with Crippen LogP contribution in [0.15, 0.2) is 67.0 Å². The number of hydrogen-bond acceptors (Lipinski definition) is 7. The molecule has 1 amide bonds. The van der Waals surface area contributed by atoms with E-state index in [1.807, 2.05) is 83.2 Å². The number of benzene rings is 2. The van der Waals surface area contributed by atoms with Gasteiger partial charge in [-0.05, 0) is 57.3 Å². The van der Waals surface area contributed by atoms with Gasteiger partial charge in [0, 0.05) is 31.3 Å². The van der Waals surface area contributed by atoms with Crippen molar-refractivity contribution in [1.82, 2.24) is 29.5 Å². The van der Waals surface area contributed by atoms with Crippen LogP contribution in [0.2, 0.25) is 5.02 Å². The number of nitrogens with zero attached hydrogens (tertiary/aromatic N) is 6. The number of fused-ring (bicyclic) bond motifs is 1. The number of carbonyl (C=O) groups is 1. The highest BCUT2D eigenvalue weighted by Crippen LogP contribution is 2.37. The zero-order valence-corrected chi connectivity index (χ0v) is 22.2. The van der Waals surface area contributed by atoms with E-state index in [0.29, 0.717) is 58.7 Å². The van der Waals surface area contributed by atoms with Crippen molar-refractivity contribution in [2.75, 3.05) is 39.5 Å². The molecule has 0 radical (unpaired) electrons. The van der Waals surface area contributed by atoms with Gasteiger partial charge in [-0.3, -0.25) is 4.79 Å². The third kappa shape index (κ3) is 5.49. The first-order valence-electron chi connectivity index (χ1n) is 12.5. The first kappa shape index (κ1) is 25.7. The molecule has 0 saturated carbocycles. The molecule has 3 heterocycles. The number of nitrogens with two attached hydrogens (primary N) is 1. The predicted octanol–water partition coefficient (Wildman–Crippen LogP) is 4.80. The summed E-state index contributed by atoms with van der Waals surface area (Å²) in [4.78, 5) is 25.4. The lowest BCUT2D eigenvalue weighted by molar-refractivity contribution is -0.127. The molecular weight excluding hydrogens is 502 g/mol. The number of likely N-dealkylation sites (tertiary alicyclic amines) is 1. The van der Waals surface area contributed by atoms with Crippen LogP contribution in [0.3, 0.4) is 0 Å². The van der Waals surface area contributed by atoms with E-state index in [0.717, 1.165) is 18.4 Å². The number of anilines is 1. The summed E-state index contributed by atoms with van der Waals surface area (Å²) in [6, 6.07) is 14.9. The van der Waals surface area contributed by atoms with Crippen LogP contribution in [0.4, 0.5) is 5.82 Å².